The predicted molar refractivity (Wildman–Crippen MR) is 72.2 cm³/mol. The van der Waals surface area contributed by atoms with E-state index in [9.17, 15) is 0 Å². The quantitative estimate of drug-likeness (QED) is 0.866. The van der Waals surface area contributed by atoms with Crippen LogP contribution in [0.5, 0.6) is 0 Å². The van der Waals surface area contributed by atoms with Gasteiger partial charge in [0.2, 0.25) is 0 Å². The number of hydrogen-bond donors (Lipinski definition) is 1. The summed E-state index contributed by atoms with van der Waals surface area (Å²) in [4.78, 5) is 6.92. The standard InChI is InChI=1S/C14H23N3/c1-4-11(2)16-14-8-7-12(10-15-14)13-6-5-9-17(13)3/h7-8,10-11,13H,4-6,9H2,1-3H3,(H,15,16)/t11-,13+/m0/s1. The van der Waals surface area contributed by atoms with E-state index in [1.54, 1.807) is 0 Å². The lowest BCUT2D eigenvalue weighted by Gasteiger charge is -2.20. The van der Waals surface area contributed by atoms with Gasteiger partial charge in [-0.3, -0.25) is 4.90 Å². The molecule has 1 aromatic rings. The minimum absolute atomic E-state index is 0.488. The highest BCUT2D eigenvalue weighted by molar-refractivity contribution is 5.37. The molecule has 1 N–H and O–H groups in total. The van der Waals surface area contributed by atoms with E-state index in [-0.39, 0.29) is 0 Å². The number of nitrogens with one attached hydrogen (secondary N) is 1. The second-order valence-corrected chi connectivity index (χ2v) is 5.07. The van der Waals surface area contributed by atoms with Crippen LogP contribution in [0.1, 0.15) is 44.7 Å². The first-order chi connectivity index (χ1) is 8.20. The molecule has 3 heteroatoms. The number of aromatic nitrogens is 1. The molecule has 94 valence electrons. The van der Waals surface area contributed by atoms with Crippen LogP contribution in [-0.4, -0.2) is 29.5 Å². The molecule has 3 nitrogen and oxygen atoms in total. The van der Waals surface area contributed by atoms with Crippen LogP contribution < -0.4 is 5.32 Å². The van der Waals surface area contributed by atoms with Crippen molar-refractivity contribution in [2.75, 3.05) is 18.9 Å². The Morgan fingerprint density at radius 2 is 2.35 bits per heavy atom. The average Bonchev–Trinajstić information content (AvgIpc) is 2.76. The zero-order valence-corrected chi connectivity index (χ0v) is 11.1. The monoisotopic (exact) mass is 233 g/mol. The molecule has 0 unspecified atom stereocenters. The Hall–Kier alpha value is -1.09. The lowest BCUT2D eigenvalue weighted by atomic mass is 10.1. The summed E-state index contributed by atoms with van der Waals surface area (Å²) in [6, 6.07) is 5.38. The zero-order valence-electron chi connectivity index (χ0n) is 11.1. The van der Waals surface area contributed by atoms with Gasteiger partial charge in [-0.2, -0.15) is 0 Å². The summed E-state index contributed by atoms with van der Waals surface area (Å²) in [6.07, 6.45) is 5.70. The van der Waals surface area contributed by atoms with Crippen LogP contribution in [0.3, 0.4) is 0 Å². The van der Waals surface area contributed by atoms with Crippen LogP contribution in [0.25, 0.3) is 0 Å². The molecule has 1 aliphatic heterocycles. The highest BCUT2D eigenvalue weighted by Crippen LogP contribution is 2.30. The number of likely N-dealkylation sites (tertiary alicyclic amines) is 1. The van der Waals surface area contributed by atoms with Crippen molar-refractivity contribution in [1.82, 2.24) is 9.88 Å². The summed E-state index contributed by atoms with van der Waals surface area (Å²) in [7, 11) is 2.20. The molecule has 0 radical (unpaired) electrons. The van der Waals surface area contributed by atoms with Gasteiger partial charge in [0.1, 0.15) is 5.82 Å². The SMILES string of the molecule is CC[C@H](C)Nc1ccc([C@H]2CCCN2C)cn1. The smallest absolute Gasteiger partial charge is 0.126 e. The van der Waals surface area contributed by atoms with Crippen molar-refractivity contribution in [2.45, 2.75) is 45.2 Å². The van der Waals surface area contributed by atoms with Gasteiger partial charge in [-0.25, -0.2) is 4.98 Å². The van der Waals surface area contributed by atoms with E-state index >= 15 is 0 Å². The maximum Gasteiger partial charge on any atom is 0.126 e. The first-order valence-corrected chi connectivity index (χ1v) is 6.63. The van der Waals surface area contributed by atoms with Gasteiger partial charge in [-0.1, -0.05) is 13.0 Å². The zero-order chi connectivity index (χ0) is 12.3. The number of pyridine rings is 1. The Bertz CT molecular complexity index is 347. The lowest BCUT2D eigenvalue weighted by Crippen LogP contribution is -2.18. The normalized spacial score (nSPS) is 22.6. The molecule has 1 aromatic heterocycles. The molecule has 0 bridgehead atoms. The minimum Gasteiger partial charge on any atom is -0.368 e. The molecule has 0 saturated carbocycles. The van der Waals surface area contributed by atoms with E-state index in [0.717, 1.165) is 12.2 Å². The van der Waals surface area contributed by atoms with E-state index in [2.05, 4.69) is 48.2 Å². The molecule has 0 spiro atoms. The Kier molecular flexibility index (Phi) is 4.00. The molecule has 1 fully saturated rings. The highest BCUT2D eigenvalue weighted by Gasteiger charge is 2.22. The van der Waals surface area contributed by atoms with Crippen molar-refractivity contribution < 1.29 is 0 Å². The largest absolute Gasteiger partial charge is 0.368 e. The topological polar surface area (TPSA) is 28.2 Å². The maximum atomic E-state index is 4.51. The number of anilines is 1. The molecule has 17 heavy (non-hydrogen) atoms. The fourth-order valence-electron chi connectivity index (χ4n) is 2.37. The number of nitrogens with zero attached hydrogens (tertiary/aromatic N) is 2. The van der Waals surface area contributed by atoms with Gasteiger partial charge >= 0.3 is 0 Å². The van der Waals surface area contributed by atoms with Crippen LogP contribution in [0.4, 0.5) is 5.82 Å². The molecule has 2 atom stereocenters. The minimum atomic E-state index is 0.488. The van der Waals surface area contributed by atoms with E-state index in [1.807, 2.05) is 6.20 Å². The number of hydrogen-bond acceptors (Lipinski definition) is 3. The van der Waals surface area contributed by atoms with Crippen LogP contribution in [0.15, 0.2) is 18.3 Å². The second-order valence-electron chi connectivity index (χ2n) is 5.07. The third kappa shape index (κ3) is 2.97. The molecular formula is C14H23N3. The van der Waals surface area contributed by atoms with Crippen LogP contribution >= 0.6 is 0 Å². The molecule has 1 aliphatic rings. The van der Waals surface area contributed by atoms with Gasteiger partial charge in [-0.15, -0.1) is 0 Å². The first-order valence-electron chi connectivity index (χ1n) is 6.63. The van der Waals surface area contributed by atoms with E-state index in [0.29, 0.717) is 12.1 Å². The van der Waals surface area contributed by atoms with Gasteiger partial charge in [0.05, 0.1) is 0 Å². The van der Waals surface area contributed by atoms with Crippen LogP contribution in [0.2, 0.25) is 0 Å². The Balaban J connectivity index is 2.02. The van der Waals surface area contributed by atoms with E-state index in [1.165, 1.54) is 24.9 Å². The fourth-order valence-corrected chi connectivity index (χ4v) is 2.37. The van der Waals surface area contributed by atoms with Gasteiger partial charge in [0.15, 0.2) is 0 Å². The first kappa shape index (κ1) is 12.4. The van der Waals surface area contributed by atoms with Crippen LogP contribution in [-0.2, 0) is 0 Å². The third-order valence-corrected chi connectivity index (χ3v) is 3.70. The summed E-state index contributed by atoms with van der Waals surface area (Å²) in [6.45, 7) is 5.57. The molecule has 2 rings (SSSR count). The molecular weight excluding hydrogens is 210 g/mol. The van der Waals surface area contributed by atoms with E-state index in [4.69, 9.17) is 0 Å². The Morgan fingerprint density at radius 1 is 1.53 bits per heavy atom. The van der Waals surface area contributed by atoms with Gasteiger partial charge < -0.3 is 5.32 Å². The maximum absolute atomic E-state index is 4.51. The predicted octanol–water partition coefficient (Wildman–Crippen LogP) is 3.06. The average molecular weight is 233 g/mol. The highest BCUT2D eigenvalue weighted by atomic mass is 15.1. The summed E-state index contributed by atoms with van der Waals surface area (Å²) < 4.78 is 0. The summed E-state index contributed by atoms with van der Waals surface area (Å²) in [5.74, 6) is 0.990. The van der Waals surface area contributed by atoms with E-state index < -0.39 is 0 Å². The Labute approximate surface area is 104 Å². The summed E-state index contributed by atoms with van der Waals surface area (Å²) in [5, 5.41) is 3.40. The lowest BCUT2D eigenvalue weighted by molar-refractivity contribution is 0.317. The number of rotatable bonds is 4. The Morgan fingerprint density at radius 3 is 2.88 bits per heavy atom. The van der Waals surface area contributed by atoms with Crippen molar-refractivity contribution in [3.05, 3.63) is 23.9 Å². The summed E-state index contributed by atoms with van der Waals surface area (Å²) in [5.41, 5.74) is 1.35. The van der Waals surface area contributed by atoms with Gasteiger partial charge in [0, 0.05) is 18.3 Å². The summed E-state index contributed by atoms with van der Waals surface area (Å²) >= 11 is 0. The van der Waals surface area contributed by atoms with Crippen molar-refractivity contribution in [3.63, 3.8) is 0 Å². The molecule has 2 heterocycles. The molecule has 0 amide bonds. The van der Waals surface area contributed by atoms with Crippen LogP contribution in [0, 0.1) is 0 Å². The third-order valence-electron chi connectivity index (χ3n) is 3.70. The van der Waals surface area contributed by atoms with Crippen molar-refractivity contribution >= 4 is 5.82 Å². The fraction of sp³-hybridized carbons (Fsp3) is 0.643. The van der Waals surface area contributed by atoms with Crippen molar-refractivity contribution in [1.29, 1.82) is 0 Å². The van der Waals surface area contributed by atoms with Crippen molar-refractivity contribution in [3.8, 4) is 0 Å². The van der Waals surface area contributed by atoms with Gasteiger partial charge in [0.25, 0.3) is 0 Å². The van der Waals surface area contributed by atoms with Crippen molar-refractivity contribution in [2.24, 2.45) is 0 Å². The molecule has 1 saturated heterocycles. The van der Waals surface area contributed by atoms with Gasteiger partial charge in [-0.05, 0) is 51.4 Å². The molecule has 0 aromatic carbocycles. The molecule has 0 aliphatic carbocycles. The second kappa shape index (κ2) is 5.50.